The maximum atomic E-state index is 12.9. The average Bonchev–Trinajstić information content (AvgIpc) is 3.24. The van der Waals surface area contributed by atoms with Crippen LogP contribution in [0.25, 0.3) is 0 Å². The van der Waals surface area contributed by atoms with E-state index in [1.807, 2.05) is 50.2 Å². The zero-order valence-corrected chi connectivity index (χ0v) is 13.7. The summed E-state index contributed by atoms with van der Waals surface area (Å²) < 4.78 is 25.7. The van der Waals surface area contributed by atoms with Crippen molar-refractivity contribution in [3.05, 3.63) is 65.2 Å². The van der Waals surface area contributed by atoms with E-state index in [2.05, 4.69) is 0 Å². The highest BCUT2D eigenvalue weighted by molar-refractivity contribution is 7.92. The van der Waals surface area contributed by atoms with E-state index in [-0.39, 0.29) is 11.8 Å². The molecule has 1 aliphatic rings. The van der Waals surface area contributed by atoms with E-state index in [1.54, 1.807) is 12.1 Å². The highest BCUT2D eigenvalue weighted by Gasteiger charge is 2.57. The van der Waals surface area contributed by atoms with E-state index in [0.717, 1.165) is 11.1 Å². The standard InChI is InChI=1S/C18H21NO2S/c1-12-3-7-14(8-4-12)17-16(11-19)18(17)22(20,21)15-9-5-13(2)6-10-15/h3-10,16-18H,11,19H2,1-2H3/t16-,17+,18+/m0/s1. The van der Waals surface area contributed by atoms with Gasteiger partial charge in [-0.05, 0) is 44.0 Å². The molecule has 0 radical (unpaired) electrons. The maximum absolute atomic E-state index is 12.9. The Morgan fingerprint density at radius 2 is 1.41 bits per heavy atom. The van der Waals surface area contributed by atoms with Crippen LogP contribution < -0.4 is 5.73 Å². The van der Waals surface area contributed by atoms with Crippen molar-refractivity contribution < 1.29 is 8.42 Å². The number of sulfone groups is 1. The van der Waals surface area contributed by atoms with Crippen LogP contribution in [0, 0.1) is 19.8 Å². The molecule has 2 aromatic carbocycles. The van der Waals surface area contributed by atoms with Crippen molar-refractivity contribution in [3.8, 4) is 0 Å². The number of hydrogen-bond donors (Lipinski definition) is 1. The van der Waals surface area contributed by atoms with Crippen molar-refractivity contribution >= 4 is 9.84 Å². The van der Waals surface area contributed by atoms with Gasteiger partial charge in [-0.1, -0.05) is 47.5 Å². The summed E-state index contributed by atoms with van der Waals surface area (Å²) in [5, 5.41) is -0.400. The van der Waals surface area contributed by atoms with Gasteiger partial charge in [0, 0.05) is 5.92 Å². The third-order valence-electron chi connectivity index (χ3n) is 4.54. The predicted molar refractivity (Wildman–Crippen MR) is 88.6 cm³/mol. The molecule has 2 N–H and O–H groups in total. The second-order valence-electron chi connectivity index (χ2n) is 6.16. The summed E-state index contributed by atoms with van der Waals surface area (Å²) in [5.41, 5.74) is 9.12. The molecule has 3 rings (SSSR count). The fraction of sp³-hybridized carbons (Fsp3) is 0.333. The fourth-order valence-electron chi connectivity index (χ4n) is 3.16. The molecule has 0 aromatic heterocycles. The number of nitrogens with two attached hydrogens (primary N) is 1. The molecule has 4 heteroatoms. The lowest BCUT2D eigenvalue weighted by molar-refractivity contribution is 0.591. The van der Waals surface area contributed by atoms with Crippen LogP contribution in [-0.2, 0) is 9.84 Å². The van der Waals surface area contributed by atoms with Gasteiger partial charge in [0.1, 0.15) is 0 Å². The molecule has 22 heavy (non-hydrogen) atoms. The fourth-order valence-corrected chi connectivity index (χ4v) is 5.38. The van der Waals surface area contributed by atoms with Gasteiger partial charge in [0.15, 0.2) is 9.84 Å². The molecular formula is C18H21NO2S. The lowest BCUT2D eigenvalue weighted by Gasteiger charge is -2.05. The molecule has 0 spiro atoms. The quantitative estimate of drug-likeness (QED) is 0.944. The first-order chi connectivity index (χ1) is 10.4. The molecule has 0 saturated heterocycles. The lowest BCUT2D eigenvalue weighted by Crippen LogP contribution is -2.13. The van der Waals surface area contributed by atoms with E-state index >= 15 is 0 Å². The smallest absolute Gasteiger partial charge is 0.182 e. The van der Waals surface area contributed by atoms with Crippen LogP contribution in [-0.4, -0.2) is 20.2 Å². The molecule has 1 aliphatic carbocycles. The number of benzene rings is 2. The third-order valence-corrected chi connectivity index (χ3v) is 6.83. The van der Waals surface area contributed by atoms with Crippen LogP contribution in [0.1, 0.15) is 22.6 Å². The van der Waals surface area contributed by atoms with Crippen LogP contribution in [0.15, 0.2) is 53.4 Å². The summed E-state index contributed by atoms with van der Waals surface area (Å²) in [6.07, 6.45) is 0. The second-order valence-corrected chi connectivity index (χ2v) is 8.26. The third kappa shape index (κ3) is 2.57. The summed E-state index contributed by atoms with van der Waals surface area (Å²) in [6, 6.07) is 15.2. The zero-order valence-electron chi connectivity index (χ0n) is 12.9. The molecule has 0 unspecified atom stereocenters. The molecule has 2 aromatic rings. The summed E-state index contributed by atoms with van der Waals surface area (Å²) in [6.45, 7) is 4.37. The summed E-state index contributed by atoms with van der Waals surface area (Å²) in [7, 11) is -3.33. The van der Waals surface area contributed by atoms with Crippen LogP contribution in [0.5, 0.6) is 0 Å². The summed E-state index contributed by atoms with van der Waals surface area (Å²) in [4.78, 5) is 0.399. The Hall–Kier alpha value is -1.65. The van der Waals surface area contributed by atoms with Gasteiger partial charge >= 0.3 is 0 Å². The molecule has 1 fully saturated rings. The normalized spacial score (nSPS) is 24.2. The second kappa shape index (κ2) is 5.52. The van der Waals surface area contributed by atoms with Gasteiger partial charge in [-0.15, -0.1) is 0 Å². The van der Waals surface area contributed by atoms with Crippen molar-refractivity contribution in [1.82, 2.24) is 0 Å². The van der Waals surface area contributed by atoms with E-state index < -0.39 is 15.1 Å². The highest BCUT2D eigenvalue weighted by Crippen LogP contribution is 2.53. The van der Waals surface area contributed by atoms with Crippen LogP contribution in [0.3, 0.4) is 0 Å². The predicted octanol–water partition coefficient (Wildman–Crippen LogP) is 2.82. The van der Waals surface area contributed by atoms with Gasteiger partial charge < -0.3 is 5.73 Å². The molecule has 0 bridgehead atoms. The summed E-state index contributed by atoms with van der Waals surface area (Å²) in [5.74, 6) is 0.0194. The molecule has 116 valence electrons. The Kier molecular flexibility index (Phi) is 3.83. The van der Waals surface area contributed by atoms with Gasteiger partial charge in [-0.25, -0.2) is 8.42 Å². The largest absolute Gasteiger partial charge is 0.330 e. The van der Waals surface area contributed by atoms with E-state index in [9.17, 15) is 8.42 Å². The first-order valence-electron chi connectivity index (χ1n) is 7.52. The first kappa shape index (κ1) is 15.3. The van der Waals surface area contributed by atoms with Gasteiger partial charge in [0.25, 0.3) is 0 Å². The molecule has 0 amide bonds. The Balaban J connectivity index is 1.93. The Morgan fingerprint density at radius 1 is 0.909 bits per heavy atom. The number of rotatable bonds is 4. The topological polar surface area (TPSA) is 60.2 Å². The average molecular weight is 315 g/mol. The molecule has 3 atom stereocenters. The van der Waals surface area contributed by atoms with Crippen molar-refractivity contribution in [1.29, 1.82) is 0 Å². The maximum Gasteiger partial charge on any atom is 0.182 e. The van der Waals surface area contributed by atoms with Gasteiger partial charge in [0.05, 0.1) is 10.1 Å². The Labute approximate surface area is 132 Å². The van der Waals surface area contributed by atoms with E-state index in [0.29, 0.717) is 11.4 Å². The first-order valence-corrected chi connectivity index (χ1v) is 9.07. The zero-order chi connectivity index (χ0) is 15.9. The Bertz CT molecular complexity index is 764. The highest BCUT2D eigenvalue weighted by atomic mass is 32.2. The minimum atomic E-state index is -3.33. The van der Waals surface area contributed by atoms with Gasteiger partial charge in [-0.2, -0.15) is 0 Å². The van der Waals surface area contributed by atoms with E-state index in [1.165, 1.54) is 5.56 Å². The number of hydrogen-bond acceptors (Lipinski definition) is 3. The monoisotopic (exact) mass is 315 g/mol. The molecule has 3 nitrogen and oxygen atoms in total. The van der Waals surface area contributed by atoms with Crippen LogP contribution in [0.4, 0.5) is 0 Å². The SMILES string of the molecule is Cc1ccc([C@@H]2[C@H](CN)[C@H]2S(=O)(=O)c2ccc(C)cc2)cc1. The van der Waals surface area contributed by atoms with Crippen molar-refractivity contribution in [2.75, 3.05) is 6.54 Å². The molecule has 1 saturated carbocycles. The molecular weight excluding hydrogens is 294 g/mol. The number of aryl methyl sites for hydroxylation is 2. The van der Waals surface area contributed by atoms with Crippen molar-refractivity contribution in [2.24, 2.45) is 11.7 Å². The van der Waals surface area contributed by atoms with Gasteiger partial charge in [-0.3, -0.25) is 0 Å². The minimum Gasteiger partial charge on any atom is -0.330 e. The lowest BCUT2D eigenvalue weighted by atomic mass is 10.1. The summed E-state index contributed by atoms with van der Waals surface area (Å²) >= 11 is 0. The van der Waals surface area contributed by atoms with Crippen molar-refractivity contribution in [2.45, 2.75) is 29.9 Å². The molecule has 0 heterocycles. The Morgan fingerprint density at radius 3 is 1.91 bits per heavy atom. The van der Waals surface area contributed by atoms with Gasteiger partial charge in [0.2, 0.25) is 0 Å². The van der Waals surface area contributed by atoms with Crippen LogP contribution >= 0.6 is 0 Å². The van der Waals surface area contributed by atoms with Crippen LogP contribution in [0.2, 0.25) is 0 Å². The molecule has 0 aliphatic heterocycles. The van der Waals surface area contributed by atoms with Crippen molar-refractivity contribution in [3.63, 3.8) is 0 Å². The minimum absolute atomic E-state index is 0.00834. The van der Waals surface area contributed by atoms with E-state index in [4.69, 9.17) is 5.73 Å².